The fourth-order valence-corrected chi connectivity index (χ4v) is 10.4. The molecule has 2 aromatic rings. The number of hydrogen-bond donors (Lipinski definition) is 0. The van der Waals surface area contributed by atoms with Gasteiger partial charge < -0.3 is 37.2 Å². The molecule has 0 fully saturated rings. The van der Waals surface area contributed by atoms with Crippen LogP contribution in [0.4, 0.5) is 0 Å². The second-order valence-electron chi connectivity index (χ2n) is 7.12. The van der Waals surface area contributed by atoms with Crippen LogP contribution >= 0.6 is 0 Å². The summed E-state index contributed by atoms with van der Waals surface area (Å²) in [6, 6.07) is 23.5. The Morgan fingerprint density at radius 2 is 1.18 bits per heavy atom. The monoisotopic (exact) mass is 484 g/mol. The number of hydrogen-bond acceptors (Lipinski definition) is 0. The van der Waals surface area contributed by atoms with E-state index in [0.717, 1.165) is 0 Å². The van der Waals surface area contributed by atoms with Crippen LogP contribution in [0, 0.1) is 6.08 Å². The fourth-order valence-electron chi connectivity index (χ4n) is 4.60. The van der Waals surface area contributed by atoms with Crippen LogP contribution in [-0.4, -0.2) is 8.07 Å². The molecular formula is C23H27Cl3SiTi. The van der Waals surface area contributed by atoms with Gasteiger partial charge in [-0.15, -0.1) is 6.92 Å². The minimum atomic E-state index is -2.05. The van der Waals surface area contributed by atoms with Crippen molar-refractivity contribution in [3.63, 3.8) is 0 Å². The van der Waals surface area contributed by atoms with Crippen LogP contribution in [0.2, 0.25) is 11.1 Å². The minimum absolute atomic E-state index is 0. The largest absolute Gasteiger partial charge is 4.00 e. The van der Waals surface area contributed by atoms with Crippen molar-refractivity contribution in [1.82, 2.24) is 0 Å². The van der Waals surface area contributed by atoms with Crippen LogP contribution in [0.3, 0.4) is 0 Å². The first-order valence-corrected chi connectivity index (χ1v) is 11.1. The van der Waals surface area contributed by atoms with Gasteiger partial charge in [0.1, 0.15) is 8.07 Å². The third-order valence-corrected chi connectivity index (χ3v) is 12.1. The van der Waals surface area contributed by atoms with Crippen molar-refractivity contribution in [2.45, 2.75) is 45.7 Å². The summed E-state index contributed by atoms with van der Waals surface area (Å²) in [4.78, 5) is 0. The summed E-state index contributed by atoms with van der Waals surface area (Å²) in [5.74, 6) is 0. The maximum Gasteiger partial charge on any atom is 4.00 e. The second kappa shape index (κ2) is 11.8. The first-order valence-electron chi connectivity index (χ1n) is 8.88. The number of benzene rings is 2. The van der Waals surface area contributed by atoms with Crippen LogP contribution in [0.15, 0.2) is 77.4 Å². The van der Waals surface area contributed by atoms with Gasteiger partial charge in [0.2, 0.25) is 0 Å². The van der Waals surface area contributed by atoms with Crippen molar-refractivity contribution in [3.05, 3.63) is 83.5 Å². The number of halogens is 3. The van der Waals surface area contributed by atoms with Gasteiger partial charge in [-0.05, 0) is 0 Å². The molecule has 0 radical (unpaired) electrons. The van der Waals surface area contributed by atoms with Gasteiger partial charge in [-0.1, -0.05) is 110 Å². The van der Waals surface area contributed by atoms with E-state index in [0.29, 0.717) is 0 Å². The van der Waals surface area contributed by atoms with Crippen LogP contribution in [0.1, 0.15) is 34.6 Å². The maximum atomic E-state index is 3.92. The van der Waals surface area contributed by atoms with Crippen molar-refractivity contribution in [2.24, 2.45) is 0 Å². The standard InChI is InChI=1S/C23H27Si.3ClH.Ti/c1-6-24(21-13-9-7-10-14-21,22-15-11-8-12-16-22)23(5)17-18(2)19(3)20(23)4;;;;/h7-16H,6H2,1-5H3;3*1H;/q-1;;;;+4/p-3. The topological polar surface area (TPSA) is 0 Å². The normalized spacial score (nSPS) is 18.1. The van der Waals surface area contributed by atoms with E-state index in [1.807, 2.05) is 0 Å². The first kappa shape index (κ1) is 29.9. The Labute approximate surface area is 205 Å². The van der Waals surface area contributed by atoms with Crippen molar-refractivity contribution in [1.29, 1.82) is 0 Å². The fraction of sp³-hybridized carbons (Fsp3) is 0.304. The third-order valence-electron chi connectivity index (χ3n) is 6.23. The third kappa shape index (κ3) is 4.56. The van der Waals surface area contributed by atoms with Gasteiger partial charge in [0.05, 0.1) is 0 Å². The maximum absolute atomic E-state index is 3.92. The molecule has 1 atom stereocenters. The van der Waals surface area contributed by atoms with E-state index < -0.39 is 8.07 Å². The molecule has 0 saturated heterocycles. The van der Waals surface area contributed by atoms with Crippen LogP contribution in [-0.2, 0) is 21.7 Å². The Bertz CT molecular complexity index is 764. The smallest absolute Gasteiger partial charge is 1.00 e. The average molecular weight is 486 g/mol. The summed E-state index contributed by atoms with van der Waals surface area (Å²) < 4.78 is 0. The van der Waals surface area contributed by atoms with Crippen molar-refractivity contribution >= 4 is 18.4 Å². The SMILES string of the molecule is CC[Si](c1ccccc1)(c1ccccc1)C1(C)[C-]=C(C)C(C)=C1C.[Cl-].[Cl-].[Cl-].[Ti+4]. The Kier molecular flexibility index (Phi) is 12.6. The zero-order valence-corrected chi connectivity index (χ0v) is 21.9. The van der Waals surface area contributed by atoms with E-state index in [4.69, 9.17) is 0 Å². The van der Waals surface area contributed by atoms with Gasteiger partial charge in [-0.2, -0.15) is 11.1 Å². The van der Waals surface area contributed by atoms with Crippen LogP contribution in [0.25, 0.3) is 0 Å². The van der Waals surface area contributed by atoms with E-state index in [-0.39, 0.29) is 64.0 Å². The second-order valence-corrected chi connectivity index (χ2v) is 11.8. The summed E-state index contributed by atoms with van der Waals surface area (Å²) in [6.07, 6.45) is 3.92. The Morgan fingerprint density at radius 3 is 1.46 bits per heavy atom. The van der Waals surface area contributed by atoms with Crippen molar-refractivity contribution in [2.75, 3.05) is 0 Å². The summed E-state index contributed by atoms with van der Waals surface area (Å²) >= 11 is 0. The van der Waals surface area contributed by atoms with Gasteiger partial charge >= 0.3 is 21.7 Å². The van der Waals surface area contributed by atoms with E-state index >= 15 is 0 Å². The molecule has 1 aliphatic rings. The molecule has 148 valence electrons. The molecule has 0 heterocycles. The molecule has 2 aromatic carbocycles. The van der Waals surface area contributed by atoms with Gasteiger partial charge in [-0.25, -0.2) is 5.57 Å². The van der Waals surface area contributed by atoms with Crippen molar-refractivity contribution in [3.8, 4) is 0 Å². The van der Waals surface area contributed by atoms with E-state index in [1.165, 1.54) is 33.1 Å². The summed E-state index contributed by atoms with van der Waals surface area (Å²) in [5, 5.41) is 3.02. The van der Waals surface area contributed by atoms with Gasteiger partial charge in [0.25, 0.3) is 0 Å². The van der Waals surface area contributed by atoms with E-state index in [2.05, 4.69) is 101 Å². The minimum Gasteiger partial charge on any atom is -1.00 e. The molecule has 28 heavy (non-hydrogen) atoms. The Balaban J connectivity index is 0. The molecule has 1 aliphatic carbocycles. The quantitative estimate of drug-likeness (QED) is 0.307. The molecule has 5 heteroatoms. The number of rotatable bonds is 4. The zero-order valence-electron chi connectivity index (χ0n) is 17.1. The molecule has 0 spiro atoms. The van der Waals surface area contributed by atoms with Crippen LogP contribution < -0.4 is 47.6 Å². The average Bonchev–Trinajstić information content (AvgIpc) is 2.82. The molecular weight excluding hydrogens is 459 g/mol. The Hall–Kier alpha value is -0.279. The van der Waals surface area contributed by atoms with Crippen LogP contribution in [0.5, 0.6) is 0 Å². The molecule has 3 rings (SSSR count). The predicted molar refractivity (Wildman–Crippen MR) is 108 cm³/mol. The summed E-state index contributed by atoms with van der Waals surface area (Å²) in [5.41, 5.74) is 4.25. The molecule has 0 amide bonds. The molecule has 0 aromatic heterocycles. The summed E-state index contributed by atoms with van der Waals surface area (Å²) in [6.45, 7) is 11.6. The molecule has 0 nitrogen and oxygen atoms in total. The van der Waals surface area contributed by atoms with Gasteiger partial charge in [-0.3, -0.25) is 6.08 Å². The number of allylic oxidation sites excluding steroid dienone is 4. The molecule has 0 aliphatic heterocycles. The first-order chi connectivity index (χ1) is 11.5. The van der Waals surface area contributed by atoms with Crippen molar-refractivity contribution < 1.29 is 58.9 Å². The molecule has 1 unspecified atom stereocenters. The molecule has 0 bridgehead atoms. The zero-order chi connectivity index (χ0) is 17.4. The van der Waals surface area contributed by atoms with Gasteiger partial charge in [0.15, 0.2) is 0 Å². The van der Waals surface area contributed by atoms with E-state index in [1.54, 1.807) is 0 Å². The Morgan fingerprint density at radius 1 is 0.786 bits per heavy atom. The van der Waals surface area contributed by atoms with E-state index in [9.17, 15) is 0 Å². The molecule has 0 N–H and O–H groups in total. The summed E-state index contributed by atoms with van der Waals surface area (Å²) in [7, 11) is -2.05. The molecule has 0 saturated carbocycles. The predicted octanol–water partition coefficient (Wildman–Crippen LogP) is -3.86. The van der Waals surface area contributed by atoms with Gasteiger partial charge in [0, 0.05) is 0 Å².